The third kappa shape index (κ3) is 5.62. The standard InChI is InChI=1S/C17H15ClF2N2O2/c18-12-3-1-2-11(8-12)6-7-21-16(23)10-17(24)22-15-5-4-13(19)9-14(15)20/h1-5,8-9H,6-7,10H2,(H,21,23)(H,22,24). The second kappa shape index (κ2) is 8.40. The van der Waals surface area contributed by atoms with E-state index in [1.807, 2.05) is 12.1 Å². The summed E-state index contributed by atoms with van der Waals surface area (Å²) < 4.78 is 26.2. The highest BCUT2D eigenvalue weighted by Gasteiger charge is 2.12. The van der Waals surface area contributed by atoms with Gasteiger partial charge in [0.15, 0.2) is 0 Å². The van der Waals surface area contributed by atoms with Crippen LogP contribution in [-0.4, -0.2) is 18.4 Å². The molecular weight excluding hydrogens is 338 g/mol. The number of hydrogen-bond donors (Lipinski definition) is 2. The van der Waals surface area contributed by atoms with Crippen LogP contribution in [0.3, 0.4) is 0 Å². The van der Waals surface area contributed by atoms with Crippen molar-refractivity contribution in [3.63, 3.8) is 0 Å². The molecule has 0 aliphatic carbocycles. The van der Waals surface area contributed by atoms with E-state index in [0.717, 1.165) is 17.7 Å². The van der Waals surface area contributed by atoms with Gasteiger partial charge in [-0.15, -0.1) is 0 Å². The summed E-state index contributed by atoms with van der Waals surface area (Å²) in [7, 11) is 0. The lowest BCUT2D eigenvalue weighted by Crippen LogP contribution is -2.29. The van der Waals surface area contributed by atoms with E-state index in [1.165, 1.54) is 0 Å². The number of hydrogen-bond acceptors (Lipinski definition) is 2. The van der Waals surface area contributed by atoms with E-state index >= 15 is 0 Å². The number of carbonyl (C=O) groups is 2. The van der Waals surface area contributed by atoms with Gasteiger partial charge in [0, 0.05) is 17.6 Å². The fourth-order valence-corrected chi connectivity index (χ4v) is 2.25. The van der Waals surface area contributed by atoms with Crippen molar-refractivity contribution in [1.29, 1.82) is 0 Å². The van der Waals surface area contributed by atoms with Crippen molar-refractivity contribution in [2.24, 2.45) is 0 Å². The molecule has 2 aromatic rings. The molecule has 0 aliphatic rings. The number of anilines is 1. The number of halogens is 3. The first-order valence-corrected chi connectivity index (χ1v) is 7.58. The van der Waals surface area contributed by atoms with Crippen LogP contribution >= 0.6 is 11.6 Å². The predicted octanol–water partition coefficient (Wildman–Crippen LogP) is 3.31. The van der Waals surface area contributed by atoms with Crippen molar-refractivity contribution in [3.8, 4) is 0 Å². The van der Waals surface area contributed by atoms with E-state index in [2.05, 4.69) is 10.6 Å². The molecule has 0 saturated carbocycles. The normalized spacial score (nSPS) is 10.3. The van der Waals surface area contributed by atoms with Gasteiger partial charge in [-0.05, 0) is 36.2 Å². The largest absolute Gasteiger partial charge is 0.355 e. The maximum Gasteiger partial charge on any atom is 0.233 e. The number of nitrogens with one attached hydrogen (secondary N) is 2. The van der Waals surface area contributed by atoms with Gasteiger partial charge < -0.3 is 10.6 Å². The molecule has 0 heterocycles. The Morgan fingerprint density at radius 3 is 2.54 bits per heavy atom. The summed E-state index contributed by atoms with van der Waals surface area (Å²) in [6, 6.07) is 10.00. The summed E-state index contributed by atoms with van der Waals surface area (Å²) in [5, 5.41) is 5.43. The maximum atomic E-state index is 13.4. The Morgan fingerprint density at radius 1 is 1.04 bits per heavy atom. The molecule has 0 bridgehead atoms. The van der Waals surface area contributed by atoms with Crippen LogP contribution in [0.25, 0.3) is 0 Å². The number of amides is 2. The molecule has 2 aromatic carbocycles. The summed E-state index contributed by atoms with van der Waals surface area (Å²) in [6.07, 6.45) is 0.118. The van der Waals surface area contributed by atoms with Crippen molar-refractivity contribution in [3.05, 3.63) is 64.7 Å². The lowest BCUT2D eigenvalue weighted by molar-refractivity contribution is -0.126. The van der Waals surface area contributed by atoms with Gasteiger partial charge >= 0.3 is 0 Å². The monoisotopic (exact) mass is 352 g/mol. The van der Waals surface area contributed by atoms with Crippen molar-refractivity contribution in [2.45, 2.75) is 12.8 Å². The van der Waals surface area contributed by atoms with Crippen molar-refractivity contribution < 1.29 is 18.4 Å². The minimum absolute atomic E-state index is 0.173. The van der Waals surface area contributed by atoms with Crippen LogP contribution in [0.4, 0.5) is 14.5 Å². The Hall–Kier alpha value is -2.47. The number of rotatable bonds is 6. The fourth-order valence-electron chi connectivity index (χ4n) is 2.03. The molecule has 4 nitrogen and oxygen atoms in total. The highest BCUT2D eigenvalue weighted by atomic mass is 35.5. The molecule has 0 saturated heterocycles. The average molecular weight is 353 g/mol. The van der Waals surface area contributed by atoms with E-state index in [9.17, 15) is 18.4 Å². The van der Waals surface area contributed by atoms with Crippen molar-refractivity contribution in [2.75, 3.05) is 11.9 Å². The van der Waals surface area contributed by atoms with Gasteiger partial charge in [-0.25, -0.2) is 8.78 Å². The third-order valence-electron chi connectivity index (χ3n) is 3.15. The Labute approximate surface area is 142 Å². The molecule has 0 fully saturated rings. The number of benzene rings is 2. The van der Waals surface area contributed by atoms with Crippen LogP contribution in [-0.2, 0) is 16.0 Å². The third-order valence-corrected chi connectivity index (χ3v) is 3.39. The molecule has 2 N–H and O–H groups in total. The molecule has 0 atom stereocenters. The zero-order chi connectivity index (χ0) is 17.5. The Morgan fingerprint density at radius 2 is 1.83 bits per heavy atom. The molecule has 0 spiro atoms. The summed E-state index contributed by atoms with van der Waals surface area (Å²) in [5.74, 6) is -2.81. The van der Waals surface area contributed by atoms with Crippen LogP contribution in [0, 0.1) is 11.6 Å². The number of carbonyl (C=O) groups excluding carboxylic acids is 2. The maximum absolute atomic E-state index is 13.4. The first-order chi connectivity index (χ1) is 11.4. The SMILES string of the molecule is O=C(CC(=O)Nc1ccc(F)cc1F)NCCc1cccc(Cl)c1. The first kappa shape index (κ1) is 17.9. The van der Waals surface area contributed by atoms with E-state index in [0.29, 0.717) is 24.1 Å². The first-order valence-electron chi connectivity index (χ1n) is 7.20. The van der Waals surface area contributed by atoms with Crippen LogP contribution in [0.2, 0.25) is 5.02 Å². The smallest absolute Gasteiger partial charge is 0.233 e. The molecule has 7 heteroatoms. The van der Waals surface area contributed by atoms with Crippen LogP contribution in [0.5, 0.6) is 0 Å². The Balaban J connectivity index is 1.76. The molecular formula is C17H15ClF2N2O2. The van der Waals surface area contributed by atoms with E-state index in [-0.39, 0.29) is 5.69 Å². The van der Waals surface area contributed by atoms with Gasteiger partial charge in [0.25, 0.3) is 0 Å². The lowest BCUT2D eigenvalue weighted by Gasteiger charge is -2.08. The van der Waals surface area contributed by atoms with Gasteiger partial charge in [-0.3, -0.25) is 9.59 Å². The molecule has 126 valence electrons. The summed E-state index contributed by atoms with van der Waals surface area (Å²) in [6.45, 7) is 0.345. The van der Waals surface area contributed by atoms with E-state index in [4.69, 9.17) is 11.6 Å². The highest BCUT2D eigenvalue weighted by molar-refractivity contribution is 6.30. The molecule has 2 amide bonds. The summed E-state index contributed by atoms with van der Waals surface area (Å²) >= 11 is 5.86. The fraction of sp³-hybridized carbons (Fsp3) is 0.176. The summed E-state index contributed by atoms with van der Waals surface area (Å²) in [4.78, 5) is 23.4. The topological polar surface area (TPSA) is 58.2 Å². The lowest BCUT2D eigenvalue weighted by atomic mass is 10.1. The van der Waals surface area contributed by atoms with Gasteiger partial charge in [0.1, 0.15) is 18.1 Å². The molecule has 24 heavy (non-hydrogen) atoms. The van der Waals surface area contributed by atoms with Gasteiger partial charge in [0.05, 0.1) is 5.69 Å². The minimum atomic E-state index is -0.898. The van der Waals surface area contributed by atoms with E-state index in [1.54, 1.807) is 12.1 Å². The predicted molar refractivity (Wildman–Crippen MR) is 87.8 cm³/mol. The quantitative estimate of drug-likeness (QED) is 0.784. The van der Waals surface area contributed by atoms with Gasteiger partial charge in [0.2, 0.25) is 11.8 Å². The van der Waals surface area contributed by atoms with Crippen molar-refractivity contribution >= 4 is 29.1 Å². The average Bonchev–Trinajstić information content (AvgIpc) is 2.50. The second-order valence-electron chi connectivity index (χ2n) is 5.08. The zero-order valence-electron chi connectivity index (χ0n) is 12.6. The molecule has 0 radical (unpaired) electrons. The van der Waals surface area contributed by atoms with Crippen LogP contribution in [0.15, 0.2) is 42.5 Å². The van der Waals surface area contributed by atoms with Crippen LogP contribution in [0.1, 0.15) is 12.0 Å². The van der Waals surface area contributed by atoms with Crippen LogP contribution < -0.4 is 10.6 Å². The van der Waals surface area contributed by atoms with Gasteiger partial charge in [-0.2, -0.15) is 0 Å². The molecule has 0 unspecified atom stereocenters. The molecule has 0 aromatic heterocycles. The second-order valence-corrected chi connectivity index (χ2v) is 5.52. The molecule has 2 rings (SSSR count). The van der Waals surface area contributed by atoms with E-state index < -0.39 is 29.9 Å². The Bertz CT molecular complexity index is 753. The van der Waals surface area contributed by atoms with Crippen molar-refractivity contribution in [1.82, 2.24) is 5.32 Å². The Kier molecular flexibility index (Phi) is 6.26. The summed E-state index contributed by atoms with van der Waals surface area (Å²) in [5.41, 5.74) is 0.786. The molecule has 0 aliphatic heterocycles. The zero-order valence-corrected chi connectivity index (χ0v) is 13.4. The highest BCUT2D eigenvalue weighted by Crippen LogP contribution is 2.15. The minimum Gasteiger partial charge on any atom is -0.355 e. The van der Waals surface area contributed by atoms with Gasteiger partial charge in [-0.1, -0.05) is 23.7 Å².